The Kier molecular flexibility index (Phi) is 6.85. The molecule has 0 aliphatic rings. The van der Waals surface area contributed by atoms with E-state index < -0.39 is 0 Å². The first kappa shape index (κ1) is 16.0. The summed E-state index contributed by atoms with van der Waals surface area (Å²) in [6.07, 6.45) is 5.46. The van der Waals surface area contributed by atoms with Crippen LogP contribution < -0.4 is 5.32 Å². The van der Waals surface area contributed by atoms with Crippen molar-refractivity contribution >= 4 is 0 Å². The Hall–Kier alpha value is -1.09. The number of nitrogens with one attached hydrogen (secondary N) is 1. The fourth-order valence-corrected chi connectivity index (χ4v) is 2.08. The summed E-state index contributed by atoms with van der Waals surface area (Å²) in [5.41, 5.74) is 3.92. The van der Waals surface area contributed by atoms with E-state index in [0.717, 1.165) is 38.3 Å². The van der Waals surface area contributed by atoms with E-state index in [4.69, 9.17) is 0 Å². The first-order valence-corrected chi connectivity index (χ1v) is 7.41. The number of allylic oxidation sites excluding steroid dienone is 1. The van der Waals surface area contributed by atoms with Crippen LogP contribution in [0.5, 0.6) is 0 Å². The molecule has 0 unspecified atom stereocenters. The minimum atomic E-state index is 0.729. The summed E-state index contributed by atoms with van der Waals surface area (Å²) in [5.74, 6) is 0.729. The van der Waals surface area contributed by atoms with Gasteiger partial charge in [0, 0.05) is 19.2 Å². The van der Waals surface area contributed by atoms with E-state index in [1.807, 2.05) is 11.7 Å². The molecular weight excluding hydrogens is 234 g/mol. The molecule has 0 spiro atoms. The van der Waals surface area contributed by atoms with Crippen LogP contribution in [0.3, 0.4) is 0 Å². The maximum atomic E-state index is 4.49. The molecule has 0 aliphatic carbocycles. The molecule has 0 aliphatic heterocycles. The van der Waals surface area contributed by atoms with Gasteiger partial charge in [0.2, 0.25) is 0 Å². The molecule has 1 aromatic heterocycles. The molecule has 3 heteroatoms. The van der Waals surface area contributed by atoms with Crippen molar-refractivity contribution in [1.82, 2.24) is 15.1 Å². The Balaban J connectivity index is 2.36. The highest BCUT2D eigenvalue weighted by Crippen LogP contribution is 2.10. The van der Waals surface area contributed by atoms with E-state index in [-0.39, 0.29) is 0 Å². The van der Waals surface area contributed by atoms with E-state index in [1.54, 1.807) is 0 Å². The second-order valence-corrected chi connectivity index (χ2v) is 5.72. The SMILES string of the molecule is CCc1cc(CC(C)=CCCNCC(C)C)n(C)n1. The molecule has 1 rings (SSSR count). The third-order valence-corrected chi connectivity index (χ3v) is 3.22. The van der Waals surface area contributed by atoms with Gasteiger partial charge >= 0.3 is 0 Å². The minimum Gasteiger partial charge on any atom is -0.316 e. The molecule has 0 radical (unpaired) electrons. The van der Waals surface area contributed by atoms with E-state index in [0.29, 0.717) is 0 Å². The van der Waals surface area contributed by atoms with Gasteiger partial charge in [-0.1, -0.05) is 32.4 Å². The zero-order chi connectivity index (χ0) is 14.3. The van der Waals surface area contributed by atoms with Crippen molar-refractivity contribution in [1.29, 1.82) is 0 Å². The highest BCUT2D eigenvalue weighted by atomic mass is 15.3. The fraction of sp³-hybridized carbons (Fsp3) is 0.688. The number of rotatable bonds is 8. The Morgan fingerprint density at radius 2 is 2.21 bits per heavy atom. The van der Waals surface area contributed by atoms with Crippen LogP contribution in [0.2, 0.25) is 0 Å². The van der Waals surface area contributed by atoms with Gasteiger partial charge in [-0.2, -0.15) is 5.10 Å². The minimum absolute atomic E-state index is 0.729. The quantitative estimate of drug-likeness (QED) is 0.577. The smallest absolute Gasteiger partial charge is 0.0624 e. The van der Waals surface area contributed by atoms with Gasteiger partial charge in [0.05, 0.1) is 5.69 Å². The summed E-state index contributed by atoms with van der Waals surface area (Å²) in [6.45, 7) is 11.0. The van der Waals surface area contributed by atoms with Crippen LogP contribution in [0.4, 0.5) is 0 Å². The molecule has 19 heavy (non-hydrogen) atoms. The summed E-state index contributed by atoms with van der Waals surface area (Å²) < 4.78 is 2.01. The molecule has 0 amide bonds. The summed E-state index contributed by atoms with van der Waals surface area (Å²) >= 11 is 0. The van der Waals surface area contributed by atoms with Crippen molar-refractivity contribution in [2.24, 2.45) is 13.0 Å². The lowest BCUT2D eigenvalue weighted by molar-refractivity contribution is 0.556. The van der Waals surface area contributed by atoms with Gasteiger partial charge in [-0.15, -0.1) is 0 Å². The highest BCUT2D eigenvalue weighted by molar-refractivity contribution is 5.17. The molecule has 1 N–H and O–H groups in total. The van der Waals surface area contributed by atoms with Gasteiger partial charge in [-0.05, 0) is 44.8 Å². The normalized spacial score (nSPS) is 12.4. The lowest BCUT2D eigenvalue weighted by atomic mass is 10.1. The van der Waals surface area contributed by atoms with Crippen molar-refractivity contribution in [3.63, 3.8) is 0 Å². The number of nitrogens with zero attached hydrogens (tertiary/aromatic N) is 2. The van der Waals surface area contributed by atoms with Crippen LogP contribution in [0.15, 0.2) is 17.7 Å². The molecule has 0 fully saturated rings. The van der Waals surface area contributed by atoms with Gasteiger partial charge in [0.15, 0.2) is 0 Å². The van der Waals surface area contributed by atoms with E-state index in [2.05, 4.69) is 50.3 Å². The van der Waals surface area contributed by atoms with Crippen LogP contribution in [0.1, 0.15) is 45.5 Å². The van der Waals surface area contributed by atoms with Crippen molar-refractivity contribution in [2.75, 3.05) is 13.1 Å². The van der Waals surface area contributed by atoms with Gasteiger partial charge in [0.25, 0.3) is 0 Å². The molecule has 0 saturated heterocycles. The van der Waals surface area contributed by atoms with Gasteiger partial charge < -0.3 is 5.32 Å². The number of hydrogen-bond donors (Lipinski definition) is 1. The summed E-state index contributed by atoms with van der Waals surface area (Å²) in [4.78, 5) is 0. The third-order valence-electron chi connectivity index (χ3n) is 3.22. The predicted molar refractivity (Wildman–Crippen MR) is 82.4 cm³/mol. The molecule has 108 valence electrons. The Morgan fingerprint density at radius 1 is 1.47 bits per heavy atom. The summed E-state index contributed by atoms with van der Waals surface area (Å²) in [7, 11) is 2.03. The second kappa shape index (κ2) is 8.16. The standard InChI is InChI=1S/C16H29N3/c1-6-15-11-16(19(5)18-15)10-14(4)8-7-9-17-12-13(2)3/h8,11,13,17H,6-7,9-10,12H2,1-5H3. The van der Waals surface area contributed by atoms with Crippen LogP contribution in [-0.2, 0) is 19.9 Å². The first-order chi connectivity index (χ1) is 9.02. The molecule has 0 atom stereocenters. The summed E-state index contributed by atoms with van der Waals surface area (Å²) in [6, 6.07) is 2.22. The molecule has 0 aromatic carbocycles. The topological polar surface area (TPSA) is 29.9 Å². The lowest BCUT2D eigenvalue weighted by Gasteiger charge is -2.06. The van der Waals surface area contributed by atoms with E-state index in [9.17, 15) is 0 Å². The highest BCUT2D eigenvalue weighted by Gasteiger charge is 2.04. The van der Waals surface area contributed by atoms with E-state index in [1.165, 1.54) is 17.0 Å². The number of hydrogen-bond acceptors (Lipinski definition) is 2. The largest absolute Gasteiger partial charge is 0.316 e. The van der Waals surface area contributed by atoms with E-state index >= 15 is 0 Å². The van der Waals surface area contributed by atoms with Crippen molar-refractivity contribution in [3.05, 3.63) is 29.1 Å². The molecule has 1 aromatic rings. The van der Waals surface area contributed by atoms with Crippen LogP contribution >= 0.6 is 0 Å². The van der Waals surface area contributed by atoms with Crippen LogP contribution in [0, 0.1) is 5.92 Å². The lowest BCUT2D eigenvalue weighted by Crippen LogP contribution is -2.20. The first-order valence-electron chi connectivity index (χ1n) is 7.41. The molecule has 1 heterocycles. The maximum Gasteiger partial charge on any atom is 0.0624 e. The molecule has 0 saturated carbocycles. The van der Waals surface area contributed by atoms with Gasteiger partial charge in [-0.25, -0.2) is 0 Å². The monoisotopic (exact) mass is 263 g/mol. The van der Waals surface area contributed by atoms with Crippen LogP contribution in [-0.4, -0.2) is 22.9 Å². The predicted octanol–water partition coefficient (Wildman–Crippen LogP) is 3.11. The molecule has 0 bridgehead atoms. The molecular formula is C16H29N3. The second-order valence-electron chi connectivity index (χ2n) is 5.72. The van der Waals surface area contributed by atoms with Crippen molar-refractivity contribution < 1.29 is 0 Å². The average Bonchev–Trinajstić information content (AvgIpc) is 2.69. The Bertz CT molecular complexity index is 402. The number of aromatic nitrogens is 2. The maximum absolute atomic E-state index is 4.49. The van der Waals surface area contributed by atoms with Gasteiger partial charge in [-0.3, -0.25) is 4.68 Å². The van der Waals surface area contributed by atoms with Crippen molar-refractivity contribution in [3.8, 4) is 0 Å². The molecule has 3 nitrogen and oxygen atoms in total. The van der Waals surface area contributed by atoms with Crippen molar-refractivity contribution in [2.45, 2.75) is 47.0 Å². The Morgan fingerprint density at radius 3 is 2.79 bits per heavy atom. The zero-order valence-electron chi connectivity index (χ0n) is 13.2. The average molecular weight is 263 g/mol. The summed E-state index contributed by atoms with van der Waals surface area (Å²) in [5, 5.41) is 7.95. The van der Waals surface area contributed by atoms with Gasteiger partial charge in [0.1, 0.15) is 0 Å². The zero-order valence-corrected chi connectivity index (χ0v) is 13.2. The number of aryl methyl sites for hydroxylation is 2. The Labute approximate surface area is 118 Å². The fourth-order valence-electron chi connectivity index (χ4n) is 2.08. The van der Waals surface area contributed by atoms with Crippen LogP contribution in [0.25, 0.3) is 0 Å². The third kappa shape index (κ3) is 6.06.